The molecule has 2 rings (SSSR count). The fourth-order valence-corrected chi connectivity index (χ4v) is 4.48. The third kappa shape index (κ3) is 7.02. The Morgan fingerprint density at radius 3 is 2.06 bits per heavy atom. The summed E-state index contributed by atoms with van der Waals surface area (Å²) >= 11 is 0. The monoisotopic (exact) mass is 423 g/mol. The lowest BCUT2D eigenvalue weighted by Crippen LogP contribution is -2.37. The minimum atomic E-state index is -0.0923. The van der Waals surface area contributed by atoms with Gasteiger partial charge in [0.05, 0.1) is 0 Å². The van der Waals surface area contributed by atoms with E-state index in [9.17, 15) is 0 Å². The first-order valence-corrected chi connectivity index (χ1v) is 12.1. The van der Waals surface area contributed by atoms with Gasteiger partial charge < -0.3 is 10.5 Å². The lowest BCUT2D eigenvalue weighted by molar-refractivity contribution is 0.0561. The predicted molar refractivity (Wildman–Crippen MR) is 137 cm³/mol. The van der Waals surface area contributed by atoms with Crippen molar-refractivity contribution in [1.29, 1.82) is 0 Å². The topological polar surface area (TPSA) is 35.2 Å². The molecule has 31 heavy (non-hydrogen) atoms. The Morgan fingerprint density at radius 2 is 1.45 bits per heavy atom. The van der Waals surface area contributed by atoms with E-state index in [0.29, 0.717) is 0 Å². The van der Waals surface area contributed by atoms with Crippen LogP contribution in [-0.2, 0) is 6.42 Å². The van der Waals surface area contributed by atoms with Crippen LogP contribution in [0.4, 0.5) is 5.69 Å². The molecule has 1 atom stereocenters. The summed E-state index contributed by atoms with van der Waals surface area (Å²) in [6.07, 6.45) is 16.0. The van der Waals surface area contributed by atoms with Crippen LogP contribution >= 0.6 is 0 Å². The zero-order valence-electron chi connectivity index (χ0n) is 21.4. The van der Waals surface area contributed by atoms with Gasteiger partial charge in [0.25, 0.3) is 0 Å². The van der Waals surface area contributed by atoms with Crippen LogP contribution < -0.4 is 10.5 Å². The fourth-order valence-electron chi connectivity index (χ4n) is 4.48. The van der Waals surface area contributed by atoms with E-state index in [1.54, 1.807) is 0 Å². The third-order valence-corrected chi connectivity index (χ3v) is 6.98. The van der Waals surface area contributed by atoms with Crippen LogP contribution in [0.1, 0.15) is 102 Å². The van der Waals surface area contributed by atoms with Crippen LogP contribution in [0.5, 0.6) is 5.75 Å². The first-order valence-electron chi connectivity index (χ1n) is 12.1. The number of fused-ring (bicyclic) bond motifs is 1. The zero-order valence-corrected chi connectivity index (χ0v) is 21.4. The minimum Gasteiger partial charge on any atom is -0.487 e. The first-order chi connectivity index (χ1) is 14.5. The van der Waals surface area contributed by atoms with Gasteiger partial charge in [0.2, 0.25) is 0 Å². The molecule has 1 aliphatic rings. The summed E-state index contributed by atoms with van der Waals surface area (Å²) in [7, 11) is 0. The molecule has 1 heterocycles. The van der Waals surface area contributed by atoms with Gasteiger partial charge in [-0.1, -0.05) is 34.9 Å². The molecule has 0 aliphatic carbocycles. The molecule has 0 aromatic heterocycles. The summed E-state index contributed by atoms with van der Waals surface area (Å²) in [6, 6.07) is 0. The number of allylic oxidation sites excluding steroid dienone is 6. The van der Waals surface area contributed by atoms with Crippen LogP contribution in [0.2, 0.25) is 0 Å². The van der Waals surface area contributed by atoms with Crippen LogP contribution in [0.15, 0.2) is 34.9 Å². The van der Waals surface area contributed by atoms with Gasteiger partial charge >= 0.3 is 0 Å². The molecular weight excluding hydrogens is 378 g/mol. The van der Waals surface area contributed by atoms with Gasteiger partial charge in [-0.05, 0) is 129 Å². The summed E-state index contributed by atoms with van der Waals surface area (Å²) in [5, 5.41) is 0. The standard InChI is InChI=1S/C29H45NO/c1-20(2)12-9-13-21(3)14-10-15-22(4)16-11-18-29(8)19-17-26-25(7)27(30)23(5)24(6)28(26)31-29/h12,14,16H,9-11,13,15,17-19,30H2,1-8H3/b21-14+,22-16+. The Kier molecular flexibility index (Phi) is 9.03. The molecule has 1 aromatic carbocycles. The summed E-state index contributed by atoms with van der Waals surface area (Å²) in [6.45, 7) is 17.5. The normalized spacial score (nSPS) is 19.1. The number of nitrogen functional groups attached to an aromatic ring is 1. The highest BCUT2D eigenvalue weighted by Gasteiger charge is 2.33. The molecule has 172 valence electrons. The smallest absolute Gasteiger partial charge is 0.126 e. The number of anilines is 1. The number of rotatable bonds is 9. The second-order valence-corrected chi connectivity index (χ2v) is 10.1. The van der Waals surface area contributed by atoms with Crippen molar-refractivity contribution in [3.63, 3.8) is 0 Å². The van der Waals surface area contributed by atoms with Crippen LogP contribution in [0, 0.1) is 20.8 Å². The van der Waals surface area contributed by atoms with Crippen LogP contribution in [0.3, 0.4) is 0 Å². The zero-order chi connectivity index (χ0) is 23.2. The largest absolute Gasteiger partial charge is 0.487 e. The van der Waals surface area contributed by atoms with Gasteiger partial charge in [0.15, 0.2) is 0 Å². The fraction of sp³-hybridized carbons (Fsp3) is 0.586. The second kappa shape index (κ2) is 11.1. The number of nitrogens with two attached hydrogens (primary N) is 1. The van der Waals surface area contributed by atoms with Gasteiger partial charge in [0.1, 0.15) is 11.4 Å². The average molecular weight is 424 g/mol. The Hall–Kier alpha value is -1.96. The minimum absolute atomic E-state index is 0.0923. The SMILES string of the molecule is CC(C)=CCC/C(C)=C/CC/C(C)=C/CCC1(C)CCc2c(C)c(N)c(C)c(C)c2O1. The quantitative estimate of drug-likeness (QED) is 0.319. The summed E-state index contributed by atoms with van der Waals surface area (Å²) in [5.74, 6) is 1.09. The van der Waals surface area contributed by atoms with E-state index in [1.165, 1.54) is 45.4 Å². The maximum atomic E-state index is 6.62. The molecule has 0 amide bonds. The van der Waals surface area contributed by atoms with Crippen molar-refractivity contribution in [2.45, 2.75) is 112 Å². The molecule has 2 N–H and O–H groups in total. The van der Waals surface area contributed by atoms with E-state index >= 15 is 0 Å². The first kappa shape index (κ1) is 25.3. The lowest BCUT2D eigenvalue weighted by atomic mass is 9.84. The van der Waals surface area contributed by atoms with Gasteiger partial charge in [-0.3, -0.25) is 0 Å². The molecule has 0 fully saturated rings. The highest BCUT2D eigenvalue weighted by atomic mass is 16.5. The molecule has 0 saturated carbocycles. The van der Waals surface area contributed by atoms with Crippen molar-refractivity contribution < 1.29 is 4.74 Å². The van der Waals surface area contributed by atoms with Crippen LogP contribution in [0.25, 0.3) is 0 Å². The molecule has 1 unspecified atom stereocenters. The van der Waals surface area contributed by atoms with Gasteiger partial charge in [0, 0.05) is 5.69 Å². The van der Waals surface area contributed by atoms with Crippen molar-refractivity contribution in [1.82, 2.24) is 0 Å². The second-order valence-electron chi connectivity index (χ2n) is 10.1. The highest BCUT2D eigenvalue weighted by molar-refractivity contribution is 5.65. The number of ether oxygens (including phenoxy) is 1. The van der Waals surface area contributed by atoms with Gasteiger partial charge in [-0.25, -0.2) is 0 Å². The van der Waals surface area contributed by atoms with Crippen molar-refractivity contribution in [3.05, 3.63) is 57.2 Å². The molecule has 1 aromatic rings. The average Bonchev–Trinajstić information content (AvgIpc) is 2.70. The van der Waals surface area contributed by atoms with Gasteiger partial charge in [-0.2, -0.15) is 0 Å². The molecule has 0 spiro atoms. The lowest BCUT2D eigenvalue weighted by Gasteiger charge is -2.38. The molecule has 2 heteroatoms. The third-order valence-electron chi connectivity index (χ3n) is 6.98. The van der Waals surface area contributed by atoms with Crippen molar-refractivity contribution in [3.8, 4) is 5.75 Å². The highest BCUT2D eigenvalue weighted by Crippen LogP contribution is 2.43. The van der Waals surface area contributed by atoms with Crippen molar-refractivity contribution in [2.24, 2.45) is 0 Å². The predicted octanol–water partition coefficient (Wildman–Crippen LogP) is 8.48. The maximum Gasteiger partial charge on any atom is 0.126 e. The van der Waals surface area contributed by atoms with E-state index < -0.39 is 0 Å². The van der Waals surface area contributed by atoms with E-state index in [-0.39, 0.29) is 5.60 Å². The number of hydrogen-bond acceptors (Lipinski definition) is 2. The van der Waals surface area contributed by atoms with Crippen molar-refractivity contribution in [2.75, 3.05) is 5.73 Å². The van der Waals surface area contributed by atoms with E-state index in [4.69, 9.17) is 10.5 Å². The number of benzene rings is 1. The molecule has 0 saturated heterocycles. The Morgan fingerprint density at radius 1 is 0.871 bits per heavy atom. The van der Waals surface area contributed by atoms with Crippen molar-refractivity contribution >= 4 is 5.69 Å². The molecule has 2 nitrogen and oxygen atoms in total. The molecule has 0 radical (unpaired) electrons. The Balaban J connectivity index is 1.88. The molecule has 0 bridgehead atoms. The maximum absolute atomic E-state index is 6.62. The Labute approximate surface area is 191 Å². The summed E-state index contributed by atoms with van der Waals surface area (Å²) in [5.41, 5.74) is 16.5. The van der Waals surface area contributed by atoms with Gasteiger partial charge in [-0.15, -0.1) is 0 Å². The Bertz CT molecular complexity index is 867. The summed E-state index contributed by atoms with van der Waals surface area (Å²) < 4.78 is 6.62. The molecule has 1 aliphatic heterocycles. The molecular formula is C29H45NO. The van der Waals surface area contributed by atoms with E-state index in [2.05, 4.69) is 73.6 Å². The van der Waals surface area contributed by atoms with Crippen LogP contribution in [-0.4, -0.2) is 5.60 Å². The summed E-state index contributed by atoms with van der Waals surface area (Å²) in [4.78, 5) is 0. The van der Waals surface area contributed by atoms with E-state index in [0.717, 1.165) is 56.4 Å². The number of hydrogen-bond donors (Lipinski definition) is 1. The van der Waals surface area contributed by atoms with E-state index in [1.807, 2.05) is 0 Å².